The molecule has 3 heterocycles. The molecule has 0 radical (unpaired) electrons. The molecule has 200 valence electrons. The molecular formula is C26H32F3N5O3. The number of esters is 1. The van der Waals surface area contributed by atoms with Crippen molar-refractivity contribution in [2.45, 2.75) is 77.4 Å². The number of alkyl halides is 3. The van der Waals surface area contributed by atoms with Crippen LogP contribution >= 0.6 is 0 Å². The Kier molecular flexibility index (Phi) is 7.52. The molecule has 1 atom stereocenters. The molecule has 1 aliphatic heterocycles. The summed E-state index contributed by atoms with van der Waals surface area (Å²) in [5, 5.41) is 3.26. The van der Waals surface area contributed by atoms with Gasteiger partial charge < -0.3 is 14.6 Å². The van der Waals surface area contributed by atoms with E-state index < -0.39 is 35.0 Å². The van der Waals surface area contributed by atoms with E-state index in [9.17, 15) is 22.8 Å². The van der Waals surface area contributed by atoms with Gasteiger partial charge in [-0.1, -0.05) is 12.1 Å². The monoisotopic (exact) mass is 519 g/mol. The van der Waals surface area contributed by atoms with Gasteiger partial charge in [0, 0.05) is 38.2 Å². The summed E-state index contributed by atoms with van der Waals surface area (Å²) in [6, 6.07) is 3.76. The first-order valence-corrected chi connectivity index (χ1v) is 12.4. The minimum Gasteiger partial charge on any atom is -0.460 e. The van der Waals surface area contributed by atoms with E-state index in [0.29, 0.717) is 19.4 Å². The lowest BCUT2D eigenvalue weighted by Crippen LogP contribution is -2.31. The van der Waals surface area contributed by atoms with Crippen LogP contribution in [0, 0.1) is 0 Å². The van der Waals surface area contributed by atoms with Gasteiger partial charge in [-0.15, -0.1) is 0 Å². The van der Waals surface area contributed by atoms with E-state index in [1.807, 2.05) is 6.20 Å². The minimum atomic E-state index is -4.55. The molecule has 0 aliphatic carbocycles. The number of nitrogens with one attached hydrogen (secondary N) is 1. The zero-order valence-electron chi connectivity index (χ0n) is 21.2. The second-order valence-corrected chi connectivity index (χ2v) is 10.2. The fourth-order valence-electron chi connectivity index (χ4n) is 4.46. The molecular weight excluding hydrogens is 487 g/mol. The fourth-order valence-corrected chi connectivity index (χ4v) is 4.46. The van der Waals surface area contributed by atoms with Gasteiger partial charge in [-0.3, -0.25) is 13.9 Å². The van der Waals surface area contributed by atoms with Crippen LogP contribution in [0.1, 0.15) is 62.9 Å². The highest BCUT2D eigenvalue weighted by molar-refractivity contribution is 5.71. The molecule has 4 rings (SSSR count). The number of nitrogens with zero attached hydrogens (tertiary/aromatic N) is 4. The first kappa shape index (κ1) is 26.6. The van der Waals surface area contributed by atoms with Gasteiger partial charge in [0.15, 0.2) is 0 Å². The third-order valence-electron chi connectivity index (χ3n) is 6.11. The van der Waals surface area contributed by atoms with Crippen LogP contribution in [0.4, 0.5) is 19.1 Å². The Bertz CT molecular complexity index is 1280. The number of benzene rings is 1. The molecule has 0 spiro atoms. The maximum atomic E-state index is 13.4. The van der Waals surface area contributed by atoms with Gasteiger partial charge in [0.1, 0.15) is 5.60 Å². The second kappa shape index (κ2) is 10.5. The van der Waals surface area contributed by atoms with Crippen molar-refractivity contribution in [3.05, 3.63) is 70.2 Å². The predicted octanol–water partition coefficient (Wildman–Crippen LogP) is 4.63. The van der Waals surface area contributed by atoms with Crippen molar-refractivity contribution in [3.8, 4) is 0 Å². The van der Waals surface area contributed by atoms with Gasteiger partial charge in [-0.25, -0.2) is 9.78 Å². The van der Waals surface area contributed by atoms with E-state index >= 15 is 0 Å². The number of ether oxygens (including phenoxy) is 1. The maximum Gasteiger partial charge on any atom is 0.416 e. The van der Waals surface area contributed by atoms with Gasteiger partial charge in [0.05, 0.1) is 23.7 Å². The Morgan fingerprint density at radius 1 is 1.22 bits per heavy atom. The van der Waals surface area contributed by atoms with Crippen molar-refractivity contribution >= 4 is 11.9 Å². The van der Waals surface area contributed by atoms with Gasteiger partial charge in [-0.05, 0) is 57.7 Å². The van der Waals surface area contributed by atoms with Gasteiger partial charge in [-0.2, -0.15) is 13.2 Å². The standard InChI is InChI=1S/C26H32F3N5O3/c1-25(2,3)37-22(35)16-21(18-7-4-8-19(15-18)26(27,28)29)34-14-13-32(24(34)36)11-5-9-20-17-33-12-6-10-30-23(33)31-20/h4,7-8,13-15,17,21H,5-6,9-12,16H2,1-3H3,(H,30,31). The lowest BCUT2D eigenvalue weighted by atomic mass is 10.0. The molecule has 3 aromatic rings. The molecule has 1 unspecified atom stereocenters. The average Bonchev–Trinajstić information content (AvgIpc) is 3.39. The Hall–Kier alpha value is -3.50. The van der Waals surface area contributed by atoms with E-state index in [4.69, 9.17) is 4.74 Å². The first-order chi connectivity index (χ1) is 17.4. The molecule has 0 bridgehead atoms. The average molecular weight is 520 g/mol. The number of carbonyl (C=O) groups excluding carboxylic acids is 1. The number of hydrogen-bond donors (Lipinski definition) is 1. The summed E-state index contributed by atoms with van der Waals surface area (Å²) in [6.07, 6.45) is 2.66. The number of imidazole rings is 2. The van der Waals surface area contributed by atoms with Crippen molar-refractivity contribution in [1.82, 2.24) is 18.7 Å². The van der Waals surface area contributed by atoms with Crippen LogP contribution in [0.5, 0.6) is 0 Å². The molecule has 0 amide bonds. The largest absolute Gasteiger partial charge is 0.460 e. The quantitative estimate of drug-likeness (QED) is 0.439. The van der Waals surface area contributed by atoms with E-state index in [1.54, 1.807) is 27.0 Å². The van der Waals surface area contributed by atoms with Crippen LogP contribution in [0.15, 0.2) is 47.7 Å². The number of aromatic nitrogens is 4. The summed E-state index contributed by atoms with van der Waals surface area (Å²) in [6.45, 7) is 7.35. The summed E-state index contributed by atoms with van der Waals surface area (Å²) in [7, 11) is 0. The molecule has 8 nitrogen and oxygen atoms in total. The number of carbonyl (C=O) groups is 1. The lowest BCUT2D eigenvalue weighted by molar-refractivity contribution is -0.155. The molecule has 1 aromatic carbocycles. The molecule has 0 fully saturated rings. The van der Waals surface area contributed by atoms with Crippen molar-refractivity contribution in [3.63, 3.8) is 0 Å². The topological polar surface area (TPSA) is 83.1 Å². The lowest BCUT2D eigenvalue weighted by Gasteiger charge is -2.23. The number of halogens is 3. The molecule has 11 heteroatoms. The number of aryl methyl sites for hydroxylation is 3. The SMILES string of the molecule is CC(C)(C)OC(=O)CC(c1cccc(C(F)(F)F)c1)n1ccn(CCCc2cn3c(n2)NCCC3)c1=O. The number of hydrogen-bond acceptors (Lipinski definition) is 5. The molecule has 1 N–H and O–H groups in total. The normalized spacial score (nSPS) is 14.6. The Morgan fingerprint density at radius 2 is 2.00 bits per heavy atom. The highest BCUT2D eigenvalue weighted by atomic mass is 19.4. The predicted molar refractivity (Wildman–Crippen MR) is 132 cm³/mol. The van der Waals surface area contributed by atoms with Crippen LogP contribution in [0.3, 0.4) is 0 Å². The van der Waals surface area contributed by atoms with E-state index in [1.165, 1.54) is 27.5 Å². The van der Waals surface area contributed by atoms with Crippen molar-refractivity contribution in [2.75, 3.05) is 11.9 Å². The summed E-state index contributed by atoms with van der Waals surface area (Å²) < 4.78 is 50.4. The van der Waals surface area contributed by atoms with Gasteiger partial charge >= 0.3 is 17.8 Å². The van der Waals surface area contributed by atoms with E-state index in [2.05, 4.69) is 14.9 Å². The fraction of sp³-hybridized carbons (Fsp3) is 0.500. The molecule has 0 saturated carbocycles. The Morgan fingerprint density at radius 3 is 2.70 bits per heavy atom. The third kappa shape index (κ3) is 6.64. The number of rotatable bonds is 8. The van der Waals surface area contributed by atoms with Crippen LogP contribution in [0.2, 0.25) is 0 Å². The maximum absolute atomic E-state index is 13.4. The van der Waals surface area contributed by atoms with E-state index in [-0.39, 0.29) is 12.0 Å². The summed E-state index contributed by atoms with van der Waals surface area (Å²) in [5.74, 6) is 0.252. The summed E-state index contributed by atoms with van der Waals surface area (Å²) in [5.41, 5.74) is -0.880. The zero-order valence-corrected chi connectivity index (χ0v) is 21.2. The molecule has 37 heavy (non-hydrogen) atoms. The smallest absolute Gasteiger partial charge is 0.416 e. The van der Waals surface area contributed by atoms with Crippen LogP contribution < -0.4 is 11.0 Å². The zero-order chi connectivity index (χ0) is 26.8. The first-order valence-electron chi connectivity index (χ1n) is 12.4. The van der Waals surface area contributed by atoms with Gasteiger partial charge in [0.2, 0.25) is 5.95 Å². The van der Waals surface area contributed by atoms with E-state index in [0.717, 1.165) is 43.3 Å². The van der Waals surface area contributed by atoms with Gasteiger partial charge in [0.25, 0.3) is 0 Å². The highest BCUT2D eigenvalue weighted by Crippen LogP contribution is 2.32. The molecule has 2 aromatic heterocycles. The van der Waals surface area contributed by atoms with Crippen LogP contribution in [-0.2, 0) is 35.2 Å². The van der Waals surface area contributed by atoms with Crippen LogP contribution in [-0.4, -0.2) is 36.8 Å². The van der Waals surface area contributed by atoms with Crippen molar-refractivity contribution in [1.29, 1.82) is 0 Å². The number of anilines is 1. The van der Waals surface area contributed by atoms with Crippen LogP contribution in [0.25, 0.3) is 0 Å². The summed E-state index contributed by atoms with van der Waals surface area (Å²) in [4.78, 5) is 30.5. The molecule has 0 saturated heterocycles. The van der Waals surface area contributed by atoms with Crippen molar-refractivity contribution in [2.24, 2.45) is 0 Å². The Labute approximate surface area is 213 Å². The number of fused-ring (bicyclic) bond motifs is 1. The minimum absolute atomic E-state index is 0.205. The highest BCUT2D eigenvalue weighted by Gasteiger charge is 2.32. The van der Waals surface area contributed by atoms with Crippen molar-refractivity contribution < 1.29 is 22.7 Å². The second-order valence-electron chi connectivity index (χ2n) is 10.2. The molecule has 1 aliphatic rings. The Balaban J connectivity index is 1.54. The third-order valence-corrected chi connectivity index (χ3v) is 6.11. The summed E-state index contributed by atoms with van der Waals surface area (Å²) >= 11 is 0.